The van der Waals surface area contributed by atoms with Crippen LogP contribution in [-0.2, 0) is 4.18 Å². The van der Waals surface area contributed by atoms with Gasteiger partial charge in [0.05, 0.1) is 16.9 Å². The van der Waals surface area contributed by atoms with Gasteiger partial charge in [-0.25, -0.2) is 0 Å². The van der Waals surface area contributed by atoms with Crippen LogP contribution in [0.25, 0.3) is 6.08 Å². The Balaban J connectivity index is 2.54. The van der Waals surface area contributed by atoms with Gasteiger partial charge >= 0.3 is 0 Å². The molecule has 0 radical (unpaired) electrons. The lowest BCUT2D eigenvalue weighted by molar-refractivity contribution is 0.566. The molecule has 0 N–H and O–H groups in total. The summed E-state index contributed by atoms with van der Waals surface area (Å²) in [6.45, 7) is 0. The highest BCUT2D eigenvalue weighted by Gasteiger charge is 2.03. The number of nitrogens with zero attached hydrogens (tertiary/aromatic N) is 1. The van der Waals surface area contributed by atoms with Crippen molar-refractivity contribution in [1.29, 1.82) is 0 Å². The summed E-state index contributed by atoms with van der Waals surface area (Å²) in [5, 5.41) is 0. The summed E-state index contributed by atoms with van der Waals surface area (Å²) in [5.41, 5.74) is 1.17. The van der Waals surface area contributed by atoms with Crippen molar-refractivity contribution in [2.24, 2.45) is 0 Å². The fourth-order valence-corrected chi connectivity index (χ4v) is 1.33. The van der Waals surface area contributed by atoms with E-state index < -0.39 is 0 Å². The molecule has 0 aromatic carbocycles. The molecule has 1 aromatic heterocycles. The third-order valence-electron chi connectivity index (χ3n) is 1.26. The SMILES string of the molecule is C1=Cc2ccncc2SO1. The summed E-state index contributed by atoms with van der Waals surface area (Å²) in [7, 11) is 0. The van der Waals surface area contributed by atoms with Gasteiger partial charge in [-0.2, -0.15) is 0 Å². The van der Waals surface area contributed by atoms with Crippen LogP contribution in [0.3, 0.4) is 0 Å². The van der Waals surface area contributed by atoms with Crippen LogP contribution in [0.5, 0.6) is 0 Å². The zero-order valence-electron chi connectivity index (χ0n) is 5.15. The molecule has 2 heterocycles. The van der Waals surface area contributed by atoms with Crippen molar-refractivity contribution in [3.63, 3.8) is 0 Å². The zero-order valence-corrected chi connectivity index (χ0v) is 5.97. The van der Waals surface area contributed by atoms with Crippen molar-refractivity contribution >= 4 is 18.1 Å². The molecular weight excluding hydrogens is 146 g/mol. The summed E-state index contributed by atoms with van der Waals surface area (Å²) < 4.78 is 4.99. The van der Waals surface area contributed by atoms with E-state index in [0.717, 1.165) is 4.90 Å². The Kier molecular flexibility index (Phi) is 1.36. The van der Waals surface area contributed by atoms with E-state index in [1.165, 1.54) is 17.6 Å². The lowest BCUT2D eigenvalue weighted by Crippen LogP contribution is -1.85. The minimum Gasteiger partial charge on any atom is -0.428 e. The molecule has 1 aliphatic rings. The molecule has 10 heavy (non-hydrogen) atoms. The van der Waals surface area contributed by atoms with Crippen LogP contribution in [-0.4, -0.2) is 4.98 Å². The molecule has 0 unspecified atom stereocenters. The molecule has 1 aromatic rings. The van der Waals surface area contributed by atoms with E-state index in [4.69, 9.17) is 4.18 Å². The van der Waals surface area contributed by atoms with E-state index in [1.54, 1.807) is 18.7 Å². The highest BCUT2D eigenvalue weighted by molar-refractivity contribution is 7.94. The van der Waals surface area contributed by atoms with E-state index >= 15 is 0 Å². The summed E-state index contributed by atoms with van der Waals surface area (Å²) in [4.78, 5) is 5.04. The topological polar surface area (TPSA) is 22.1 Å². The van der Waals surface area contributed by atoms with Crippen molar-refractivity contribution in [3.05, 3.63) is 30.3 Å². The number of fused-ring (bicyclic) bond motifs is 1. The maximum atomic E-state index is 4.99. The fourth-order valence-electron chi connectivity index (χ4n) is 0.779. The van der Waals surface area contributed by atoms with Gasteiger partial charge in [-0.3, -0.25) is 4.98 Å². The summed E-state index contributed by atoms with van der Waals surface area (Å²) in [6, 6.07) is 1.96. The van der Waals surface area contributed by atoms with Crippen LogP contribution in [0.2, 0.25) is 0 Å². The third kappa shape index (κ3) is 0.885. The summed E-state index contributed by atoms with van der Waals surface area (Å²) in [5.74, 6) is 0. The molecule has 0 atom stereocenters. The Bertz CT molecular complexity index is 272. The van der Waals surface area contributed by atoms with Gasteiger partial charge in [0.15, 0.2) is 0 Å². The maximum Gasteiger partial charge on any atom is 0.102 e. The highest BCUT2D eigenvalue weighted by atomic mass is 32.2. The Hall–Kier alpha value is -0.960. The predicted molar refractivity (Wildman–Crippen MR) is 40.2 cm³/mol. The second-order valence-electron chi connectivity index (χ2n) is 1.90. The largest absolute Gasteiger partial charge is 0.428 e. The molecule has 2 rings (SSSR count). The molecular formula is C7H5NOS. The molecule has 2 nitrogen and oxygen atoms in total. The first-order valence-corrected chi connectivity index (χ1v) is 3.65. The van der Waals surface area contributed by atoms with E-state index in [2.05, 4.69) is 4.98 Å². The average Bonchev–Trinajstić information content (AvgIpc) is 2.05. The van der Waals surface area contributed by atoms with Gasteiger partial charge in [-0.15, -0.1) is 0 Å². The van der Waals surface area contributed by atoms with Gasteiger partial charge in [-0.1, -0.05) is 0 Å². The van der Waals surface area contributed by atoms with Crippen LogP contribution in [0.1, 0.15) is 5.56 Å². The molecule has 0 saturated carbocycles. The van der Waals surface area contributed by atoms with Gasteiger partial charge < -0.3 is 4.18 Å². The summed E-state index contributed by atoms with van der Waals surface area (Å²) in [6.07, 6.45) is 7.17. The molecule has 0 bridgehead atoms. The molecule has 1 aliphatic heterocycles. The minimum absolute atomic E-state index is 1.07. The number of hydrogen-bond donors (Lipinski definition) is 0. The monoisotopic (exact) mass is 151 g/mol. The lowest BCUT2D eigenvalue weighted by atomic mass is 10.3. The molecule has 0 spiro atoms. The number of aromatic nitrogens is 1. The smallest absolute Gasteiger partial charge is 0.102 e. The molecule has 0 amide bonds. The third-order valence-corrected chi connectivity index (χ3v) is 1.99. The second-order valence-corrected chi connectivity index (χ2v) is 2.69. The van der Waals surface area contributed by atoms with E-state index in [0.29, 0.717) is 0 Å². The van der Waals surface area contributed by atoms with Gasteiger partial charge in [0.1, 0.15) is 6.26 Å². The minimum atomic E-state index is 1.07. The van der Waals surface area contributed by atoms with Crippen LogP contribution in [0.15, 0.2) is 29.6 Å². The number of pyridine rings is 1. The number of rotatable bonds is 0. The van der Waals surface area contributed by atoms with Crippen LogP contribution in [0.4, 0.5) is 0 Å². The quantitative estimate of drug-likeness (QED) is 0.530. The van der Waals surface area contributed by atoms with Gasteiger partial charge in [0.25, 0.3) is 0 Å². The number of hydrogen-bond acceptors (Lipinski definition) is 3. The first kappa shape index (κ1) is 5.80. The predicted octanol–water partition coefficient (Wildman–Crippen LogP) is 2.09. The second kappa shape index (κ2) is 2.34. The first-order valence-electron chi connectivity index (χ1n) is 2.91. The van der Waals surface area contributed by atoms with Crippen molar-refractivity contribution < 1.29 is 4.18 Å². The molecule has 3 heteroatoms. The van der Waals surface area contributed by atoms with Crippen molar-refractivity contribution in [2.45, 2.75) is 4.90 Å². The van der Waals surface area contributed by atoms with Gasteiger partial charge in [0, 0.05) is 12.4 Å². The Labute approximate surface area is 63.1 Å². The van der Waals surface area contributed by atoms with Crippen molar-refractivity contribution in [3.8, 4) is 0 Å². The molecule has 0 saturated heterocycles. The van der Waals surface area contributed by atoms with Crippen LogP contribution < -0.4 is 0 Å². The van der Waals surface area contributed by atoms with Crippen molar-refractivity contribution in [2.75, 3.05) is 0 Å². The Morgan fingerprint density at radius 3 is 3.40 bits per heavy atom. The van der Waals surface area contributed by atoms with Gasteiger partial charge in [-0.05, 0) is 17.7 Å². The Morgan fingerprint density at radius 2 is 2.50 bits per heavy atom. The van der Waals surface area contributed by atoms with Crippen molar-refractivity contribution in [1.82, 2.24) is 4.98 Å². The summed E-state index contributed by atoms with van der Waals surface area (Å²) >= 11 is 1.34. The Morgan fingerprint density at radius 1 is 1.50 bits per heavy atom. The zero-order chi connectivity index (χ0) is 6.81. The normalized spacial score (nSPS) is 14.0. The standard InChI is InChI=1S/C7H5NOS/c1-3-8-5-7-6(1)2-4-9-10-7/h1-5H. The van der Waals surface area contributed by atoms with Gasteiger partial charge in [0.2, 0.25) is 0 Å². The van der Waals surface area contributed by atoms with E-state index in [9.17, 15) is 0 Å². The van der Waals surface area contributed by atoms with Crippen LogP contribution >= 0.6 is 12.0 Å². The van der Waals surface area contributed by atoms with E-state index in [-0.39, 0.29) is 0 Å². The first-order chi connectivity index (χ1) is 4.97. The lowest BCUT2D eigenvalue weighted by Gasteiger charge is -2.06. The van der Waals surface area contributed by atoms with Crippen LogP contribution in [0, 0.1) is 0 Å². The molecule has 0 aliphatic carbocycles. The highest BCUT2D eigenvalue weighted by Crippen LogP contribution is 2.27. The fraction of sp³-hybridized carbons (Fsp3) is 0. The van der Waals surface area contributed by atoms with E-state index in [1.807, 2.05) is 12.1 Å². The molecule has 50 valence electrons. The average molecular weight is 151 g/mol. The maximum absolute atomic E-state index is 4.99. The molecule has 0 fully saturated rings.